The number of likely N-dealkylation sites (tertiary alicyclic amines) is 1. The molecule has 276 valence electrons. The van der Waals surface area contributed by atoms with Crippen molar-refractivity contribution in [2.24, 2.45) is 5.92 Å². The Kier molecular flexibility index (Phi) is 12.6. The zero-order chi connectivity index (χ0) is 37.0. The third-order valence-electron chi connectivity index (χ3n) is 11.1. The van der Waals surface area contributed by atoms with Crippen molar-refractivity contribution in [2.75, 3.05) is 13.1 Å². The first-order valence-electron chi connectivity index (χ1n) is 19.7. The fourth-order valence-corrected chi connectivity index (χ4v) is 8.33. The molecule has 0 radical (unpaired) electrons. The van der Waals surface area contributed by atoms with Crippen LogP contribution in [0.25, 0.3) is 11.1 Å². The van der Waals surface area contributed by atoms with Crippen LogP contribution in [0, 0.1) is 5.92 Å². The van der Waals surface area contributed by atoms with Crippen molar-refractivity contribution >= 4 is 11.8 Å². The van der Waals surface area contributed by atoms with Crippen molar-refractivity contribution in [3.63, 3.8) is 0 Å². The molecule has 1 aliphatic heterocycles. The second-order valence-corrected chi connectivity index (χ2v) is 14.6. The lowest BCUT2D eigenvalue weighted by molar-refractivity contribution is -0.153. The number of hydrogen-bond donors (Lipinski definition) is 0. The second kappa shape index (κ2) is 18.3. The Morgan fingerprint density at radius 2 is 1.20 bits per heavy atom. The van der Waals surface area contributed by atoms with Gasteiger partial charge >= 0.3 is 5.97 Å². The highest BCUT2D eigenvalue weighted by Gasteiger charge is 2.45. The minimum atomic E-state index is -1.06. The van der Waals surface area contributed by atoms with Crippen LogP contribution in [-0.2, 0) is 31.3 Å². The molecule has 5 aromatic rings. The molecule has 0 aromatic heterocycles. The summed E-state index contributed by atoms with van der Waals surface area (Å²) in [6.45, 7) is 2.43. The molecule has 5 nitrogen and oxygen atoms in total. The Hall–Kier alpha value is -5.10. The van der Waals surface area contributed by atoms with E-state index in [1.807, 2.05) is 97.1 Å². The summed E-state index contributed by atoms with van der Waals surface area (Å²) in [6, 6.07) is 48.9. The highest BCUT2D eigenvalue weighted by molar-refractivity contribution is 5.87. The molecule has 1 heterocycles. The largest absolute Gasteiger partial charge is 0.444 e. The first-order valence-corrected chi connectivity index (χ1v) is 19.7. The molecule has 3 atom stereocenters. The molecule has 2 aliphatic rings. The number of carbonyl (C=O) groups excluding carboxylic acids is 2. The summed E-state index contributed by atoms with van der Waals surface area (Å²) in [6.07, 6.45) is 10.7. The molecule has 5 aromatic carbocycles. The second-order valence-electron chi connectivity index (χ2n) is 14.6. The normalized spacial score (nSPS) is 19.3. The fourth-order valence-electron chi connectivity index (χ4n) is 8.33. The highest BCUT2D eigenvalue weighted by Crippen LogP contribution is 2.41. The van der Waals surface area contributed by atoms with Crippen LogP contribution in [-0.4, -0.2) is 41.9 Å². The van der Waals surface area contributed by atoms with Gasteiger partial charge in [-0.1, -0.05) is 164 Å². The van der Waals surface area contributed by atoms with E-state index < -0.39 is 5.60 Å². The molecule has 2 fully saturated rings. The number of rotatable bonds is 15. The SMILES string of the molecule is O=C(CCCC=CC[C@H]1[C@@H](OCc2ccc(-c3ccccc3)cc2)CC(=O)[C@@H]1N1CCCCC1)OC(c1ccccc1)(c1ccccc1)c1ccccc1. The molecule has 0 N–H and O–H groups in total. The Balaban J connectivity index is 0.989. The standard InChI is InChI=1S/C49H51NO4/c51-45-36-46(53-37-38-30-32-40(33-31-38)39-20-8-3-9-21-39)44(48(45)50-34-18-7-19-35-50)28-16-1-2-17-29-47(52)54-49(41-22-10-4-11-23-41,42-24-12-5-13-25-42)43-26-14-6-15-27-43/h1,3-6,8-16,20-27,30-33,44,46,48H,2,7,17-19,28-29,34-37H2/t44-,46-,48+/m0/s1. The van der Waals surface area contributed by atoms with Gasteiger partial charge in [-0.05, 0) is 61.9 Å². The molecule has 1 saturated carbocycles. The van der Waals surface area contributed by atoms with Crippen LogP contribution in [0.15, 0.2) is 158 Å². The number of benzene rings is 5. The fraction of sp³-hybridized carbons (Fsp3) is 0.306. The molecular weight excluding hydrogens is 667 g/mol. The van der Waals surface area contributed by atoms with Crippen LogP contribution >= 0.6 is 0 Å². The monoisotopic (exact) mass is 717 g/mol. The van der Waals surface area contributed by atoms with Crippen LogP contribution in [0.2, 0.25) is 0 Å². The number of esters is 1. The lowest BCUT2D eigenvalue weighted by atomic mass is 9.80. The lowest BCUT2D eigenvalue weighted by Crippen LogP contribution is -2.46. The molecule has 54 heavy (non-hydrogen) atoms. The molecule has 5 heteroatoms. The number of carbonyl (C=O) groups is 2. The van der Waals surface area contributed by atoms with Crippen LogP contribution in [0.5, 0.6) is 0 Å². The first-order chi connectivity index (χ1) is 26.6. The number of Topliss-reactive ketones (excluding diaryl/α,β-unsaturated/α-hetero) is 1. The number of allylic oxidation sites excluding steroid dienone is 2. The van der Waals surface area contributed by atoms with Crippen molar-refractivity contribution in [1.82, 2.24) is 4.90 Å². The van der Waals surface area contributed by atoms with E-state index >= 15 is 0 Å². The van der Waals surface area contributed by atoms with Gasteiger partial charge in [0.2, 0.25) is 0 Å². The number of unbranched alkanes of at least 4 members (excludes halogenated alkanes) is 1. The molecule has 7 rings (SSSR count). The van der Waals surface area contributed by atoms with E-state index in [-0.39, 0.29) is 24.0 Å². The summed E-state index contributed by atoms with van der Waals surface area (Å²) in [5.41, 5.74) is 5.15. The van der Waals surface area contributed by atoms with Gasteiger partial charge in [0.15, 0.2) is 11.4 Å². The Bertz CT molecular complexity index is 1840. The molecule has 1 saturated heterocycles. The topological polar surface area (TPSA) is 55.8 Å². The molecular formula is C49H51NO4. The van der Waals surface area contributed by atoms with Crippen LogP contribution < -0.4 is 0 Å². The molecule has 0 amide bonds. The predicted molar refractivity (Wildman–Crippen MR) is 216 cm³/mol. The Labute approximate surface area is 320 Å². The summed E-state index contributed by atoms with van der Waals surface area (Å²) in [5, 5.41) is 0. The Morgan fingerprint density at radius 1 is 0.667 bits per heavy atom. The van der Waals surface area contributed by atoms with Crippen LogP contribution in [0.3, 0.4) is 0 Å². The molecule has 0 bridgehead atoms. The maximum atomic E-state index is 13.7. The van der Waals surface area contributed by atoms with Gasteiger partial charge in [-0.2, -0.15) is 0 Å². The third kappa shape index (κ3) is 8.81. The minimum Gasteiger partial charge on any atom is -0.444 e. The van der Waals surface area contributed by atoms with E-state index in [1.165, 1.54) is 17.5 Å². The minimum absolute atomic E-state index is 0.0996. The quantitative estimate of drug-likeness (QED) is 0.0467. The summed E-state index contributed by atoms with van der Waals surface area (Å²) in [5.74, 6) is 0.168. The number of nitrogens with zero attached hydrogens (tertiary/aromatic N) is 1. The van der Waals surface area contributed by atoms with E-state index in [4.69, 9.17) is 9.47 Å². The average molecular weight is 718 g/mol. The number of hydrogen-bond acceptors (Lipinski definition) is 5. The van der Waals surface area contributed by atoms with Gasteiger partial charge < -0.3 is 9.47 Å². The highest BCUT2D eigenvalue weighted by atomic mass is 16.6. The third-order valence-corrected chi connectivity index (χ3v) is 11.1. The molecule has 0 spiro atoms. The summed E-state index contributed by atoms with van der Waals surface area (Å²) >= 11 is 0. The summed E-state index contributed by atoms with van der Waals surface area (Å²) in [4.78, 5) is 29.6. The van der Waals surface area contributed by atoms with Gasteiger partial charge in [-0.15, -0.1) is 0 Å². The summed E-state index contributed by atoms with van der Waals surface area (Å²) < 4.78 is 13.1. The van der Waals surface area contributed by atoms with E-state index in [0.29, 0.717) is 31.7 Å². The van der Waals surface area contributed by atoms with Crippen LogP contribution in [0.1, 0.15) is 73.6 Å². The van der Waals surface area contributed by atoms with Crippen molar-refractivity contribution < 1.29 is 19.1 Å². The number of ketones is 1. The van der Waals surface area contributed by atoms with Gasteiger partial charge in [0, 0.05) is 35.4 Å². The van der Waals surface area contributed by atoms with Gasteiger partial charge in [0.05, 0.1) is 18.8 Å². The number of piperidine rings is 1. The maximum absolute atomic E-state index is 13.7. The maximum Gasteiger partial charge on any atom is 0.307 e. The van der Waals surface area contributed by atoms with Crippen molar-refractivity contribution in [1.29, 1.82) is 0 Å². The predicted octanol–water partition coefficient (Wildman–Crippen LogP) is 10.3. The van der Waals surface area contributed by atoms with E-state index in [0.717, 1.165) is 61.0 Å². The van der Waals surface area contributed by atoms with E-state index in [2.05, 4.69) is 65.6 Å². The van der Waals surface area contributed by atoms with E-state index in [9.17, 15) is 9.59 Å². The molecule has 1 aliphatic carbocycles. The number of ether oxygens (including phenoxy) is 2. The zero-order valence-electron chi connectivity index (χ0n) is 31.1. The van der Waals surface area contributed by atoms with Gasteiger partial charge in [-0.3, -0.25) is 14.5 Å². The van der Waals surface area contributed by atoms with Crippen LogP contribution in [0.4, 0.5) is 0 Å². The van der Waals surface area contributed by atoms with Gasteiger partial charge in [-0.25, -0.2) is 0 Å². The van der Waals surface area contributed by atoms with E-state index in [1.54, 1.807) is 0 Å². The molecule has 0 unspecified atom stereocenters. The smallest absolute Gasteiger partial charge is 0.307 e. The Morgan fingerprint density at radius 3 is 1.78 bits per heavy atom. The first kappa shape index (κ1) is 37.2. The van der Waals surface area contributed by atoms with Gasteiger partial charge in [0.1, 0.15) is 0 Å². The van der Waals surface area contributed by atoms with Crippen molar-refractivity contribution in [3.8, 4) is 11.1 Å². The van der Waals surface area contributed by atoms with Crippen molar-refractivity contribution in [3.05, 3.63) is 180 Å². The van der Waals surface area contributed by atoms with Gasteiger partial charge in [0.25, 0.3) is 0 Å². The average Bonchev–Trinajstić information content (AvgIpc) is 3.56. The summed E-state index contributed by atoms with van der Waals surface area (Å²) in [7, 11) is 0. The zero-order valence-corrected chi connectivity index (χ0v) is 31.1. The lowest BCUT2D eigenvalue weighted by Gasteiger charge is -2.35. The van der Waals surface area contributed by atoms with Crippen molar-refractivity contribution in [2.45, 2.75) is 75.7 Å².